The summed E-state index contributed by atoms with van der Waals surface area (Å²) in [5.74, 6) is -2.11. The first-order chi connectivity index (χ1) is 8.13. The van der Waals surface area contributed by atoms with Gasteiger partial charge in [0.2, 0.25) is 0 Å². The Morgan fingerprint density at radius 2 is 1.82 bits per heavy atom. The van der Waals surface area contributed by atoms with Crippen molar-refractivity contribution in [3.63, 3.8) is 0 Å². The Kier molecular flexibility index (Phi) is 3.41. The molecule has 0 unspecified atom stereocenters. The van der Waals surface area contributed by atoms with Crippen molar-refractivity contribution in [1.82, 2.24) is 0 Å². The van der Waals surface area contributed by atoms with E-state index < -0.39 is 11.6 Å². The molecule has 4 heteroatoms. The van der Waals surface area contributed by atoms with Crippen LogP contribution in [0.4, 0.5) is 8.78 Å². The maximum atomic E-state index is 13.2. The average Bonchev–Trinajstić information content (AvgIpc) is 2.84. The third-order valence-electron chi connectivity index (χ3n) is 3.23. The van der Waals surface area contributed by atoms with Gasteiger partial charge in [0.25, 0.3) is 0 Å². The number of hydrogen-bond acceptors (Lipinski definition) is 2. The van der Waals surface area contributed by atoms with Gasteiger partial charge in [-0.2, -0.15) is 0 Å². The molecule has 1 aliphatic carbocycles. The predicted octanol–water partition coefficient (Wildman–Crippen LogP) is 3.35. The highest BCUT2D eigenvalue weighted by molar-refractivity contribution is 6.00. The monoisotopic (exact) mass is 240 g/mol. The molecule has 0 aromatic heterocycles. The molecule has 0 aliphatic heterocycles. The van der Waals surface area contributed by atoms with E-state index in [1.165, 1.54) is 7.11 Å². The van der Waals surface area contributed by atoms with Crippen LogP contribution >= 0.6 is 0 Å². The second kappa shape index (κ2) is 4.82. The van der Waals surface area contributed by atoms with Gasteiger partial charge in [0, 0.05) is 12.0 Å². The zero-order chi connectivity index (χ0) is 12.4. The molecule has 2 nitrogen and oxygen atoms in total. The van der Waals surface area contributed by atoms with Crippen LogP contribution in [-0.4, -0.2) is 12.9 Å². The molecule has 0 N–H and O–H groups in total. The van der Waals surface area contributed by atoms with Gasteiger partial charge in [-0.05, 0) is 18.9 Å². The number of hydrogen-bond donors (Lipinski definition) is 0. The van der Waals surface area contributed by atoms with E-state index in [4.69, 9.17) is 4.74 Å². The molecule has 0 spiro atoms. The summed E-state index contributed by atoms with van der Waals surface area (Å²) in [5.41, 5.74) is 0.151. The van der Waals surface area contributed by atoms with Crippen LogP contribution in [0.3, 0.4) is 0 Å². The van der Waals surface area contributed by atoms with Gasteiger partial charge in [0.1, 0.15) is 5.75 Å². The molecule has 17 heavy (non-hydrogen) atoms. The maximum absolute atomic E-state index is 13.2. The second-order valence-electron chi connectivity index (χ2n) is 4.31. The van der Waals surface area contributed by atoms with Crippen LogP contribution in [0.25, 0.3) is 0 Å². The summed E-state index contributed by atoms with van der Waals surface area (Å²) >= 11 is 0. The first-order valence-corrected chi connectivity index (χ1v) is 5.70. The summed E-state index contributed by atoms with van der Waals surface area (Å²) in [6, 6.07) is 1.87. The van der Waals surface area contributed by atoms with Gasteiger partial charge in [0.05, 0.1) is 12.7 Å². The van der Waals surface area contributed by atoms with Crippen molar-refractivity contribution in [3.05, 3.63) is 29.3 Å². The van der Waals surface area contributed by atoms with Crippen molar-refractivity contribution in [1.29, 1.82) is 0 Å². The Bertz CT molecular complexity index is 437. The Morgan fingerprint density at radius 1 is 1.24 bits per heavy atom. The smallest absolute Gasteiger partial charge is 0.169 e. The molecule has 1 saturated carbocycles. The fourth-order valence-electron chi connectivity index (χ4n) is 2.30. The van der Waals surface area contributed by atoms with Crippen molar-refractivity contribution in [2.24, 2.45) is 5.92 Å². The second-order valence-corrected chi connectivity index (χ2v) is 4.31. The summed E-state index contributed by atoms with van der Waals surface area (Å²) in [4.78, 5) is 12.1. The number of methoxy groups -OCH3 is 1. The van der Waals surface area contributed by atoms with Gasteiger partial charge in [-0.3, -0.25) is 4.79 Å². The molecular formula is C13H14F2O2. The zero-order valence-corrected chi connectivity index (χ0v) is 9.63. The number of ether oxygens (including phenoxy) is 1. The highest BCUT2D eigenvalue weighted by Crippen LogP contribution is 2.32. The Labute approximate surface area is 98.6 Å². The molecule has 0 heterocycles. The lowest BCUT2D eigenvalue weighted by molar-refractivity contribution is 0.0919. The van der Waals surface area contributed by atoms with Crippen molar-refractivity contribution in [2.75, 3.05) is 7.11 Å². The standard InChI is InChI=1S/C13H14F2O2/c1-17-12-7-11(15)10(14)6-9(12)13(16)8-4-2-3-5-8/h6-8H,2-5H2,1H3. The largest absolute Gasteiger partial charge is 0.496 e. The molecule has 0 radical (unpaired) electrons. The highest BCUT2D eigenvalue weighted by atomic mass is 19.2. The van der Waals surface area contributed by atoms with Crippen molar-refractivity contribution < 1.29 is 18.3 Å². The number of carbonyl (C=O) groups excluding carboxylic acids is 1. The molecule has 2 rings (SSSR count). The minimum Gasteiger partial charge on any atom is -0.496 e. The van der Waals surface area contributed by atoms with Crippen LogP contribution in [0.2, 0.25) is 0 Å². The normalized spacial score (nSPS) is 16.2. The van der Waals surface area contributed by atoms with Crippen molar-refractivity contribution >= 4 is 5.78 Å². The third kappa shape index (κ3) is 2.30. The van der Waals surface area contributed by atoms with Gasteiger partial charge in [-0.15, -0.1) is 0 Å². The van der Waals surface area contributed by atoms with Gasteiger partial charge < -0.3 is 4.74 Å². The quantitative estimate of drug-likeness (QED) is 0.757. The van der Waals surface area contributed by atoms with E-state index in [9.17, 15) is 13.6 Å². The molecule has 0 amide bonds. The van der Waals surface area contributed by atoms with E-state index in [1.54, 1.807) is 0 Å². The van der Waals surface area contributed by atoms with Crippen molar-refractivity contribution in [2.45, 2.75) is 25.7 Å². The molecule has 92 valence electrons. The highest BCUT2D eigenvalue weighted by Gasteiger charge is 2.27. The number of carbonyl (C=O) groups is 1. The molecule has 1 aliphatic rings. The third-order valence-corrected chi connectivity index (χ3v) is 3.23. The summed E-state index contributed by atoms with van der Waals surface area (Å²) in [6.07, 6.45) is 3.67. The van der Waals surface area contributed by atoms with Crippen molar-refractivity contribution in [3.8, 4) is 5.75 Å². The summed E-state index contributed by atoms with van der Waals surface area (Å²) < 4.78 is 31.1. The predicted molar refractivity (Wildman–Crippen MR) is 59.2 cm³/mol. The molecule has 1 aromatic carbocycles. The number of Topliss-reactive ketones (excluding diaryl/α,β-unsaturated/α-hetero) is 1. The van der Waals surface area contributed by atoms with E-state index in [1.807, 2.05) is 0 Å². The van der Waals surface area contributed by atoms with Gasteiger partial charge in [-0.25, -0.2) is 8.78 Å². The lowest BCUT2D eigenvalue weighted by Gasteiger charge is -2.12. The molecule has 0 saturated heterocycles. The summed E-state index contributed by atoms with van der Waals surface area (Å²) in [6.45, 7) is 0. The SMILES string of the molecule is COc1cc(F)c(F)cc1C(=O)C1CCCC1. The molecule has 0 bridgehead atoms. The van der Waals surface area contributed by atoms with E-state index in [2.05, 4.69) is 0 Å². The first kappa shape index (κ1) is 12.0. The van der Waals surface area contributed by atoms with Crippen LogP contribution in [0, 0.1) is 17.6 Å². The van der Waals surface area contributed by atoms with E-state index in [0.29, 0.717) is 0 Å². The molecule has 1 aromatic rings. The number of rotatable bonds is 3. The lowest BCUT2D eigenvalue weighted by Crippen LogP contribution is -2.13. The summed E-state index contributed by atoms with van der Waals surface area (Å²) in [5, 5.41) is 0. The Hall–Kier alpha value is -1.45. The summed E-state index contributed by atoms with van der Waals surface area (Å²) in [7, 11) is 1.35. The molecular weight excluding hydrogens is 226 g/mol. The number of halogens is 2. The van der Waals surface area contributed by atoms with E-state index >= 15 is 0 Å². The van der Waals surface area contributed by atoms with Crippen LogP contribution in [0.5, 0.6) is 5.75 Å². The topological polar surface area (TPSA) is 26.3 Å². The van der Waals surface area contributed by atoms with Crippen LogP contribution in [-0.2, 0) is 0 Å². The maximum Gasteiger partial charge on any atom is 0.169 e. The fraction of sp³-hybridized carbons (Fsp3) is 0.462. The Balaban J connectivity index is 2.36. The van der Waals surface area contributed by atoms with Gasteiger partial charge >= 0.3 is 0 Å². The lowest BCUT2D eigenvalue weighted by atomic mass is 9.95. The van der Waals surface area contributed by atoms with Crippen LogP contribution in [0.1, 0.15) is 36.0 Å². The van der Waals surface area contributed by atoms with Gasteiger partial charge in [0.15, 0.2) is 17.4 Å². The first-order valence-electron chi connectivity index (χ1n) is 5.70. The zero-order valence-electron chi connectivity index (χ0n) is 9.63. The minimum atomic E-state index is -1.01. The van der Waals surface area contributed by atoms with Crippen LogP contribution < -0.4 is 4.74 Å². The number of benzene rings is 1. The molecule has 1 fully saturated rings. The molecule has 0 atom stereocenters. The fourth-order valence-corrected chi connectivity index (χ4v) is 2.30. The van der Waals surface area contributed by atoms with Gasteiger partial charge in [-0.1, -0.05) is 12.8 Å². The van der Waals surface area contributed by atoms with Crippen LogP contribution in [0.15, 0.2) is 12.1 Å². The Morgan fingerprint density at radius 3 is 2.41 bits per heavy atom. The average molecular weight is 240 g/mol. The van der Waals surface area contributed by atoms with E-state index in [-0.39, 0.29) is 23.0 Å². The minimum absolute atomic E-state index is 0.0752. The van der Waals surface area contributed by atoms with E-state index in [0.717, 1.165) is 37.8 Å². The number of ketones is 1.